The van der Waals surface area contributed by atoms with Gasteiger partial charge in [0, 0.05) is 26.3 Å². The highest BCUT2D eigenvalue weighted by Crippen LogP contribution is 2.24. The molecule has 0 saturated carbocycles. The Labute approximate surface area is 102 Å². The maximum Gasteiger partial charge on any atom is 0.165 e. The summed E-state index contributed by atoms with van der Waals surface area (Å²) in [6.07, 6.45) is 3.87. The topological polar surface area (TPSA) is 45.5 Å². The molecule has 5 nitrogen and oxygen atoms in total. The van der Waals surface area contributed by atoms with E-state index in [1.54, 1.807) is 7.11 Å². The number of nitrogens with zero attached hydrogens (tertiary/aromatic N) is 2. The minimum absolute atomic E-state index is 0.386. The highest BCUT2D eigenvalue weighted by Gasteiger charge is 2.29. The molecule has 0 atom stereocenters. The number of ether oxygens (including phenoxy) is 3. The molecule has 5 heteroatoms. The first-order valence-electron chi connectivity index (χ1n) is 6.01. The van der Waals surface area contributed by atoms with Crippen molar-refractivity contribution in [1.82, 2.24) is 9.78 Å². The van der Waals surface area contributed by atoms with Crippen LogP contribution in [0.15, 0.2) is 12.3 Å². The van der Waals surface area contributed by atoms with Gasteiger partial charge in [-0.15, -0.1) is 0 Å². The third kappa shape index (κ3) is 3.52. The van der Waals surface area contributed by atoms with Crippen LogP contribution in [0.2, 0.25) is 0 Å². The van der Waals surface area contributed by atoms with Gasteiger partial charge in [0.15, 0.2) is 5.79 Å². The van der Waals surface area contributed by atoms with E-state index in [-0.39, 0.29) is 5.79 Å². The first-order valence-corrected chi connectivity index (χ1v) is 6.01. The lowest BCUT2D eigenvalue weighted by Gasteiger charge is -2.21. The van der Waals surface area contributed by atoms with Gasteiger partial charge >= 0.3 is 0 Å². The summed E-state index contributed by atoms with van der Waals surface area (Å²) in [5, 5.41) is 4.40. The predicted octanol–water partition coefficient (Wildman–Crippen LogP) is 1.57. The molecular weight excluding hydrogens is 220 g/mol. The zero-order chi connectivity index (χ0) is 12.1. The van der Waals surface area contributed by atoms with Crippen molar-refractivity contribution in [2.24, 2.45) is 0 Å². The molecule has 0 amide bonds. The summed E-state index contributed by atoms with van der Waals surface area (Å²) in [6, 6.07) is 1.98. The maximum absolute atomic E-state index is 5.55. The number of aryl methyl sites for hydroxylation is 1. The fraction of sp³-hybridized carbons (Fsp3) is 0.750. The molecule has 0 spiro atoms. The Morgan fingerprint density at radius 1 is 1.47 bits per heavy atom. The van der Waals surface area contributed by atoms with E-state index in [2.05, 4.69) is 5.10 Å². The fourth-order valence-corrected chi connectivity index (χ4v) is 2.02. The van der Waals surface area contributed by atoms with Gasteiger partial charge in [0.25, 0.3) is 0 Å². The lowest BCUT2D eigenvalue weighted by molar-refractivity contribution is -0.147. The van der Waals surface area contributed by atoms with Crippen LogP contribution in [0.1, 0.15) is 25.5 Å². The first kappa shape index (κ1) is 12.5. The molecular formula is C12H20N2O3. The Hall–Kier alpha value is -0.910. The molecule has 1 aromatic rings. The van der Waals surface area contributed by atoms with Crippen LogP contribution in [0.4, 0.5) is 0 Å². The summed E-state index contributed by atoms with van der Waals surface area (Å²) in [7, 11) is 1.68. The Kier molecular flexibility index (Phi) is 4.15. The van der Waals surface area contributed by atoms with E-state index in [1.165, 1.54) is 0 Å². The second kappa shape index (κ2) is 5.62. The summed E-state index contributed by atoms with van der Waals surface area (Å²) in [5.41, 5.74) is 0.965. The molecule has 0 aliphatic carbocycles. The van der Waals surface area contributed by atoms with Gasteiger partial charge in [0.2, 0.25) is 0 Å². The average molecular weight is 240 g/mol. The SMILES string of the molecule is COCc1ccn(CCCC2(C)OCCO2)n1. The molecule has 1 aliphatic heterocycles. The van der Waals surface area contributed by atoms with Crippen LogP contribution in [-0.2, 0) is 27.4 Å². The van der Waals surface area contributed by atoms with Crippen molar-refractivity contribution in [3.63, 3.8) is 0 Å². The molecule has 0 unspecified atom stereocenters. The monoisotopic (exact) mass is 240 g/mol. The quantitative estimate of drug-likeness (QED) is 0.757. The number of hydrogen-bond acceptors (Lipinski definition) is 4. The number of hydrogen-bond donors (Lipinski definition) is 0. The Bertz CT molecular complexity index is 345. The van der Waals surface area contributed by atoms with Gasteiger partial charge in [0.1, 0.15) is 0 Å². The minimum Gasteiger partial charge on any atom is -0.378 e. The van der Waals surface area contributed by atoms with Crippen LogP contribution in [0.3, 0.4) is 0 Å². The van der Waals surface area contributed by atoms with E-state index in [0.29, 0.717) is 19.8 Å². The van der Waals surface area contributed by atoms with Crippen molar-refractivity contribution in [3.8, 4) is 0 Å². The summed E-state index contributed by atoms with van der Waals surface area (Å²) in [6.45, 7) is 4.86. The zero-order valence-corrected chi connectivity index (χ0v) is 10.5. The predicted molar refractivity (Wildman–Crippen MR) is 62.5 cm³/mol. The lowest BCUT2D eigenvalue weighted by atomic mass is 10.2. The molecule has 2 rings (SSSR count). The molecule has 1 saturated heterocycles. The number of aromatic nitrogens is 2. The molecule has 1 aliphatic rings. The standard InChI is InChI=1S/C12H20N2O3/c1-12(16-8-9-17-12)5-3-6-14-7-4-11(13-14)10-15-2/h4,7H,3,5-6,8-10H2,1-2H3. The molecule has 0 aromatic carbocycles. The van der Waals surface area contributed by atoms with Gasteiger partial charge in [-0.25, -0.2) is 0 Å². The summed E-state index contributed by atoms with van der Waals surface area (Å²) >= 11 is 0. The normalized spacial score (nSPS) is 18.7. The van der Waals surface area contributed by atoms with Crippen LogP contribution >= 0.6 is 0 Å². The van der Waals surface area contributed by atoms with Crippen LogP contribution < -0.4 is 0 Å². The van der Waals surface area contributed by atoms with Crippen LogP contribution in [0.5, 0.6) is 0 Å². The van der Waals surface area contributed by atoms with Gasteiger partial charge in [-0.2, -0.15) is 5.10 Å². The molecule has 0 radical (unpaired) electrons. The average Bonchev–Trinajstić information content (AvgIpc) is 2.90. The Balaban J connectivity index is 1.73. The second-order valence-electron chi connectivity index (χ2n) is 4.44. The Morgan fingerprint density at radius 3 is 2.94 bits per heavy atom. The summed E-state index contributed by atoms with van der Waals surface area (Å²) < 4.78 is 18.1. The van der Waals surface area contributed by atoms with Crippen molar-refractivity contribution >= 4 is 0 Å². The van der Waals surface area contributed by atoms with Crippen molar-refractivity contribution in [1.29, 1.82) is 0 Å². The highest BCUT2D eigenvalue weighted by atomic mass is 16.7. The first-order chi connectivity index (χ1) is 8.22. The summed E-state index contributed by atoms with van der Waals surface area (Å²) in [4.78, 5) is 0. The maximum atomic E-state index is 5.55. The van der Waals surface area contributed by atoms with Crippen LogP contribution in [0, 0.1) is 0 Å². The third-order valence-electron chi connectivity index (χ3n) is 2.90. The van der Waals surface area contributed by atoms with Crippen molar-refractivity contribution in [2.45, 2.75) is 38.7 Å². The molecule has 17 heavy (non-hydrogen) atoms. The smallest absolute Gasteiger partial charge is 0.165 e. The molecule has 2 heterocycles. The number of methoxy groups -OCH3 is 1. The van der Waals surface area contributed by atoms with Crippen LogP contribution in [0.25, 0.3) is 0 Å². The third-order valence-corrected chi connectivity index (χ3v) is 2.90. The van der Waals surface area contributed by atoms with E-state index >= 15 is 0 Å². The zero-order valence-electron chi connectivity index (χ0n) is 10.5. The molecule has 1 fully saturated rings. The second-order valence-corrected chi connectivity index (χ2v) is 4.44. The van der Waals surface area contributed by atoms with Gasteiger partial charge in [0.05, 0.1) is 25.5 Å². The van der Waals surface area contributed by atoms with Gasteiger partial charge < -0.3 is 14.2 Å². The van der Waals surface area contributed by atoms with Gasteiger partial charge in [-0.05, 0) is 19.4 Å². The minimum atomic E-state index is -0.386. The highest BCUT2D eigenvalue weighted by molar-refractivity contribution is 4.96. The molecule has 0 bridgehead atoms. The lowest BCUT2D eigenvalue weighted by Crippen LogP contribution is -2.25. The molecule has 0 N–H and O–H groups in total. The van der Waals surface area contributed by atoms with E-state index in [0.717, 1.165) is 25.1 Å². The largest absolute Gasteiger partial charge is 0.378 e. The van der Waals surface area contributed by atoms with Gasteiger partial charge in [-0.3, -0.25) is 4.68 Å². The van der Waals surface area contributed by atoms with Crippen molar-refractivity contribution in [3.05, 3.63) is 18.0 Å². The van der Waals surface area contributed by atoms with E-state index in [9.17, 15) is 0 Å². The summed E-state index contributed by atoms with van der Waals surface area (Å²) in [5.74, 6) is -0.386. The van der Waals surface area contributed by atoms with Crippen molar-refractivity contribution in [2.75, 3.05) is 20.3 Å². The number of rotatable bonds is 6. The Morgan fingerprint density at radius 2 is 2.24 bits per heavy atom. The van der Waals surface area contributed by atoms with Crippen LogP contribution in [-0.4, -0.2) is 35.9 Å². The van der Waals surface area contributed by atoms with Crippen molar-refractivity contribution < 1.29 is 14.2 Å². The van der Waals surface area contributed by atoms with Gasteiger partial charge in [-0.1, -0.05) is 0 Å². The fourth-order valence-electron chi connectivity index (χ4n) is 2.02. The molecule has 96 valence electrons. The van der Waals surface area contributed by atoms with E-state index < -0.39 is 0 Å². The molecule has 1 aromatic heterocycles. The van der Waals surface area contributed by atoms with E-state index in [4.69, 9.17) is 14.2 Å². The van der Waals surface area contributed by atoms with E-state index in [1.807, 2.05) is 23.9 Å².